The quantitative estimate of drug-likeness (QED) is 0.754. The van der Waals surface area contributed by atoms with E-state index >= 15 is 0 Å². The van der Waals surface area contributed by atoms with E-state index in [-0.39, 0.29) is 0 Å². The van der Waals surface area contributed by atoms with E-state index in [2.05, 4.69) is 11.0 Å². The topological polar surface area (TPSA) is 30.9 Å². The molecule has 4 heteroatoms. The summed E-state index contributed by atoms with van der Waals surface area (Å²) in [5, 5.41) is 0. The second-order valence-electron chi connectivity index (χ2n) is 6.38. The Bertz CT molecular complexity index is 663. The number of piperidine rings is 1. The van der Waals surface area contributed by atoms with E-state index in [1.165, 1.54) is 32.4 Å². The van der Waals surface area contributed by atoms with E-state index in [1.807, 2.05) is 36.4 Å². The third-order valence-electron chi connectivity index (χ3n) is 4.66. The lowest BCUT2D eigenvalue weighted by Crippen LogP contribution is -2.33. The lowest BCUT2D eigenvalue weighted by molar-refractivity contribution is 0.183. The summed E-state index contributed by atoms with van der Waals surface area (Å²) in [4.78, 5) is 2.48. The van der Waals surface area contributed by atoms with Gasteiger partial charge in [-0.2, -0.15) is 0 Å². The molecular weight excluding hydrogens is 314 g/mol. The highest BCUT2D eigenvalue weighted by Gasteiger charge is 2.10. The molecule has 0 N–H and O–H groups in total. The molecule has 1 heterocycles. The zero-order chi connectivity index (χ0) is 17.5. The van der Waals surface area contributed by atoms with Gasteiger partial charge in [-0.05, 0) is 61.3 Å². The lowest BCUT2D eigenvalue weighted by atomic mass is 10.0. The van der Waals surface area contributed by atoms with Gasteiger partial charge in [-0.1, -0.05) is 18.6 Å². The van der Waals surface area contributed by atoms with Crippen molar-refractivity contribution in [3.05, 3.63) is 42.5 Å². The predicted octanol–water partition coefficient (Wildman–Crippen LogP) is 4.24. The van der Waals surface area contributed by atoms with Gasteiger partial charge in [0.05, 0.1) is 14.2 Å². The molecule has 0 unspecified atom stereocenters. The van der Waals surface area contributed by atoms with Crippen LogP contribution in [0.3, 0.4) is 0 Å². The van der Waals surface area contributed by atoms with Gasteiger partial charge in [-0.15, -0.1) is 0 Å². The second kappa shape index (κ2) is 8.77. The Morgan fingerprint density at radius 1 is 0.760 bits per heavy atom. The third-order valence-corrected chi connectivity index (χ3v) is 4.66. The highest BCUT2D eigenvalue weighted by molar-refractivity contribution is 5.67. The summed E-state index contributed by atoms with van der Waals surface area (Å²) >= 11 is 0. The molecule has 0 radical (unpaired) electrons. The molecule has 2 aromatic rings. The van der Waals surface area contributed by atoms with Crippen LogP contribution in [0, 0.1) is 0 Å². The Labute approximate surface area is 150 Å². The van der Waals surface area contributed by atoms with Crippen molar-refractivity contribution in [2.75, 3.05) is 40.5 Å². The average Bonchev–Trinajstić information content (AvgIpc) is 2.68. The van der Waals surface area contributed by atoms with Gasteiger partial charge < -0.3 is 14.2 Å². The van der Waals surface area contributed by atoms with Gasteiger partial charge in [-0.3, -0.25) is 4.90 Å². The maximum atomic E-state index is 6.01. The van der Waals surface area contributed by atoms with Crippen LogP contribution >= 0.6 is 0 Å². The molecule has 0 amide bonds. The molecule has 0 spiro atoms. The summed E-state index contributed by atoms with van der Waals surface area (Å²) in [6, 6.07) is 14.1. The summed E-state index contributed by atoms with van der Waals surface area (Å²) in [6.07, 6.45) is 3.97. The number of ether oxygens (including phenoxy) is 3. The molecule has 0 atom stereocenters. The monoisotopic (exact) mass is 341 g/mol. The zero-order valence-corrected chi connectivity index (χ0v) is 15.2. The Morgan fingerprint density at radius 3 is 2.12 bits per heavy atom. The first-order chi connectivity index (χ1) is 12.3. The number of likely N-dealkylation sites (tertiary alicyclic amines) is 1. The second-order valence-corrected chi connectivity index (χ2v) is 6.38. The summed E-state index contributed by atoms with van der Waals surface area (Å²) in [5.74, 6) is 2.51. The van der Waals surface area contributed by atoms with Crippen LogP contribution in [-0.4, -0.2) is 45.4 Å². The predicted molar refractivity (Wildman–Crippen MR) is 101 cm³/mol. The summed E-state index contributed by atoms with van der Waals surface area (Å²) in [5.41, 5.74) is 2.19. The van der Waals surface area contributed by atoms with Crippen molar-refractivity contribution in [1.29, 1.82) is 0 Å². The van der Waals surface area contributed by atoms with Gasteiger partial charge >= 0.3 is 0 Å². The van der Waals surface area contributed by atoms with Crippen molar-refractivity contribution in [2.45, 2.75) is 19.3 Å². The van der Waals surface area contributed by atoms with Crippen LogP contribution in [0.15, 0.2) is 42.5 Å². The number of hydrogen-bond acceptors (Lipinski definition) is 4. The number of hydrogen-bond donors (Lipinski definition) is 0. The van der Waals surface area contributed by atoms with E-state index in [9.17, 15) is 0 Å². The maximum Gasteiger partial charge on any atom is 0.123 e. The first kappa shape index (κ1) is 17.6. The van der Waals surface area contributed by atoms with Gasteiger partial charge in [0.15, 0.2) is 0 Å². The van der Waals surface area contributed by atoms with Crippen LogP contribution < -0.4 is 14.2 Å². The van der Waals surface area contributed by atoms with Crippen LogP contribution in [-0.2, 0) is 0 Å². The molecule has 25 heavy (non-hydrogen) atoms. The molecule has 1 saturated heterocycles. The van der Waals surface area contributed by atoms with Crippen molar-refractivity contribution in [1.82, 2.24) is 4.90 Å². The molecule has 3 rings (SSSR count). The molecular formula is C21H27NO3. The molecule has 0 bridgehead atoms. The van der Waals surface area contributed by atoms with Crippen molar-refractivity contribution in [3.8, 4) is 28.4 Å². The number of nitrogens with zero attached hydrogens (tertiary/aromatic N) is 1. The summed E-state index contributed by atoms with van der Waals surface area (Å²) < 4.78 is 16.7. The maximum absolute atomic E-state index is 6.01. The van der Waals surface area contributed by atoms with Crippen LogP contribution in [0.4, 0.5) is 0 Å². The number of methoxy groups -OCH3 is 2. The molecule has 0 saturated carbocycles. The minimum Gasteiger partial charge on any atom is -0.497 e. The average molecular weight is 341 g/mol. The third kappa shape index (κ3) is 4.89. The van der Waals surface area contributed by atoms with E-state index in [4.69, 9.17) is 14.2 Å². The van der Waals surface area contributed by atoms with Crippen molar-refractivity contribution in [2.24, 2.45) is 0 Å². The van der Waals surface area contributed by atoms with Crippen LogP contribution in [0.5, 0.6) is 17.2 Å². The van der Waals surface area contributed by atoms with Gasteiger partial charge in [0, 0.05) is 12.6 Å². The first-order valence-corrected chi connectivity index (χ1v) is 8.97. The molecule has 4 nitrogen and oxygen atoms in total. The zero-order valence-electron chi connectivity index (χ0n) is 15.2. The fourth-order valence-electron chi connectivity index (χ4n) is 3.20. The smallest absolute Gasteiger partial charge is 0.123 e. The van der Waals surface area contributed by atoms with Crippen molar-refractivity contribution in [3.63, 3.8) is 0 Å². The molecule has 1 fully saturated rings. The molecule has 0 aliphatic carbocycles. The molecule has 0 aromatic heterocycles. The van der Waals surface area contributed by atoms with E-state index in [1.54, 1.807) is 14.2 Å². The highest BCUT2D eigenvalue weighted by Crippen LogP contribution is 2.30. The van der Waals surface area contributed by atoms with Gasteiger partial charge in [0.1, 0.15) is 23.9 Å². The highest BCUT2D eigenvalue weighted by atomic mass is 16.5. The minimum absolute atomic E-state index is 0.704. The summed E-state index contributed by atoms with van der Waals surface area (Å²) in [6.45, 7) is 4.07. The van der Waals surface area contributed by atoms with Crippen LogP contribution in [0.25, 0.3) is 11.1 Å². The Morgan fingerprint density at radius 2 is 1.44 bits per heavy atom. The molecule has 2 aromatic carbocycles. The minimum atomic E-state index is 0.704. The van der Waals surface area contributed by atoms with Crippen LogP contribution in [0.1, 0.15) is 19.3 Å². The van der Waals surface area contributed by atoms with Crippen LogP contribution in [0.2, 0.25) is 0 Å². The normalized spacial score (nSPS) is 15.0. The largest absolute Gasteiger partial charge is 0.497 e. The number of rotatable bonds is 7. The SMILES string of the molecule is COc1ccc(-c2cc(OC)cc(OCCN3CCCCC3)c2)cc1. The van der Waals surface area contributed by atoms with Gasteiger partial charge in [0.25, 0.3) is 0 Å². The number of benzene rings is 2. The standard InChI is InChI=1S/C21H27NO3/c1-23-19-8-6-17(7-9-19)18-14-20(24-2)16-21(15-18)25-13-12-22-10-4-3-5-11-22/h6-9,14-16H,3-5,10-13H2,1-2H3. The van der Waals surface area contributed by atoms with E-state index in [0.29, 0.717) is 6.61 Å². The van der Waals surface area contributed by atoms with E-state index < -0.39 is 0 Å². The van der Waals surface area contributed by atoms with Crippen molar-refractivity contribution >= 4 is 0 Å². The first-order valence-electron chi connectivity index (χ1n) is 8.97. The van der Waals surface area contributed by atoms with Crippen molar-refractivity contribution < 1.29 is 14.2 Å². The fourth-order valence-corrected chi connectivity index (χ4v) is 3.20. The Kier molecular flexibility index (Phi) is 6.18. The van der Waals surface area contributed by atoms with E-state index in [0.717, 1.165) is 34.9 Å². The fraction of sp³-hybridized carbons (Fsp3) is 0.429. The Balaban J connectivity index is 1.68. The Hall–Kier alpha value is -2.20. The van der Waals surface area contributed by atoms with Gasteiger partial charge in [0.2, 0.25) is 0 Å². The molecule has 134 valence electrons. The lowest BCUT2D eigenvalue weighted by Gasteiger charge is -2.26. The molecule has 1 aliphatic heterocycles. The summed E-state index contributed by atoms with van der Waals surface area (Å²) in [7, 11) is 3.36. The van der Waals surface area contributed by atoms with Gasteiger partial charge in [-0.25, -0.2) is 0 Å². The molecule has 1 aliphatic rings.